The van der Waals surface area contributed by atoms with Crippen LogP contribution in [0.5, 0.6) is 0 Å². The molecule has 0 aliphatic carbocycles. The van der Waals surface area contributed by atoms with Crippen molar-refractivity contribution < 1.29 is 9.72 Å². The van der Waals surface area contributed by atoms with Crippen molar-refractivity contribution in [2.24, 2.45) is 0 Å². The van der Waals surface area contributed by atoms with Gasteiger partial charge in [0.25, 0.3) is 11.6 Å². The van der Waals surface area contributed by atoms with E-state index in [9.17, 15) is 14.9 Å². The molecule has 4 rings (SSSR count). The van der Waals surface area contributed by atoms with Crippen LogP contribution >= 0.6 is 11.6 Å². The minimum Gasteiger partial charge on any atom is -0.355 e. The first-order chi connectivity index (χ1) is 14.0. The number of nitrogens with one attached hydrogen (secondary N) is 1. The van der Waals surface area contributed by atoms with Gasteiger partial charge in [-0.15, -0.1) is 0 Å². The average molecular weight is 408 g/mol. The second-order valence-electron chi connectivity index (χ2n) is 6.80. The summed E-state index contributed by atoms with van der Waals surface area (Å²) < 4.78 is 0. The minimum atomic E-state index is -0.566. The first-order valence-electron chi connectivity index (χ1n) is 9.19. The fourth-order valence-corrected chi connectivity index (χ4v) is 3.87. The molecule has 6 nitrogen and oxygen atoms in total. The molecule has 0 radical (unpaired) electrons. The highest BCUT2D eigenvalue weighted by Gasteiger charge is 2.32. The molecule has 146 valence electrons. The molecule has 0 spiro atoms. The third-order valence-corrected chi connectivity index (χ3v) is 5.33. The summed E-state index contributed by atoms with van der Waals surface area (Å²) in [6, 6.07) is 21.2. The number of halogens is 1. The van der Waals surface area contributed by atoms with E-state index < -0.39 is 11.0 Å². The largest absolute Gasteiger partial charge is 0.355 e. The lowest BCUT2D eigenvalue weighted by molar-refractivity contribution is -0.384. The van der Waals surface area contributed by atoms with Gasteiger partial charge >= 0.3 is 0 Å². The topological polar surface area (TPSA) is 75.5 Å². The van der Waals surface area contributed by atoms with E-state index in [2.05, 4.69) is 16.3 Å². The number of nitro benzene ring substituents is 1. The Kier molecular flexibility index (Phi) is 5.18. The summed E-state index contributed by atoms with van der Waals surface area (Å²) in [5.74, 6) is -0.260. The monoisotopic (exact) mass is 407 g/mol. The van der Waals surface area contributed by atoms with Crippen molar-refractivity contribution in [3.8, 4) is 0 Å². The molecule has 7 heteroatoms. The zero-order valence-corrected chi connectivity index (χ0v) is 16.2. The third-order valence-electron chi connectivity index (χ3n) is 5.01. The van der Waals surface area contributed by atoms with E-state index >= 15 is 0 Å². The summed E-state index contributed by atoms with van der Waals surface area (Å²) in [5, 5.41) is 14.0. The van der Waals surface area contributed by atoms with Crippen molar-refractivity contribution in [2.75, 3.05) is 16.8 Å². The fourth-order valence-electron chi connectivity index (χ4n) is 3.68. The number of fused-ring (bicyclic) bond motifs is 1. The Bertz CT molecular complexity index is 1070. The number of para-hydroxylation sites is 1. The van der Waals surface area contributed by atoms with Crippen molar-refractivity contribution in [1.29, 1.82) is 0 Å². The second kappa shape index (κ2) is 7.93. The number of carbonyl (C=O) groups is 1. The molecule has 1 amide bonds. The molecule has 1 N–H and O–H groups in total. The molecule has 1 unspecified atom stereocenters. The summed E-state index contributed by atoms with van der Waals surface area (Å²) >= 11 is 5.88. The van der Waals surface area contributed by atoms with Gasteiger partial charge in [-0.2, -0.15) is 0 Å². The van der Waals surface area contributed by atoms with Crippen molar-refractivity contribution in [3.63, 3.8) is 0 Å². The van der Waals surface area contributed by atoms with Crippen LogP contribution in [0.2, 0.25) is 5.02 Å². The average Bonchev–Trinajstić information content (AvgIpc) is 3.14. The molecule has 0 saturated carbocycles. The Morgan fingerprint density at radius 1 is 1.07 bits per heavy atom. The fraction of sp³-hybridized carbons (Fsp3) is 0.136. The molecular formula is C22H18ClN3O3. The first-order valence-corrected chi connectivity index (χ1v) is 9.56. The van der Waals surface area contributed by atoms with E-state index in [4.69, 9.17) is 11.6 Å². The van der Waals surface area contributed by atoms with Crippen molar-refractivity contribution >= 4 is 34.6 Å². The number of hydrogen-bond acceptors (Lipinski definition) is 4. The van der Waals surface area contributed by atoms with Crippen LogP contribution in [0.15, 0.2) is 72.8 Å². The number of anilines is 2. The van der Waals surface area contributed by atoms with E-state index in [-0.39, 0.29) is 16.6 Å². The van der Waals surface area contributed by atoms with Crippen molar-refractivity contribution in [2.45, 2.75) is 12.5 Å². The van der Waals surface area contributed by atoms with E-state index in [1.165, 1.54) is 17.7 Å². The Labute approximate surface area is 172 Å². The molecule has 0 bridgehead atoms. The van der Waals surface area contributed by atoms with Gasteiger partial charge in [-0.3, -0.25) is 14.9 Å². The summed E-state index contributed by atoms with van der Waals surface area (Å²) in [7, 11) is 0. The van der Waals surface area contributed by atoms with E-state index in [0.29, 0.717) is 12.2 Å². The van der Waals surface area contributed by atoms with Crippen LogP contribution < -0.4 is 10.2 Å². The predicted octanol–water partition coefficient (Wildman–Crippen LogP) is 4.99. The summed E-state index contributed by atoms with van der Waals surface area (Å²) in [4.78, 5) is 26.0. The SMILES string of the molecule is O=C(Nc1ccc(Cl)c([N+](=O)[O-])c1)C(c1ccccc1)N1CCc2ccccc21. The lowest BCUT2D eigenvalue weighted by atomic mass is 10.0. The van der Waals surface area contributed by atoms with Gasteiger partial charge in [0, 0.05) is 24.0 Å². The molecule has 0 aromatic heterocycles. The molecule has 0 fully saturated rings. The van der Waals surface area contributed by atoms with Gasteiger partial charge in [-0.25, -0.2) is 0 Å². The molecule has 1 atom stereocenters. The molecule has 29 heavy (non-hydrogen) atoms. The van der Waals surface area contributed by atoms with E-state index in [0.717, 1.165) is 17.7 Å². The molecule has 1 aliphatic heterocycles. The highest BCUT2D eigenvalue weighted by molar-refractivity contribution is 6.32. The number of carbonyl (C=O) groups excluding carboxylic acids is 1. The number of hydrogen-bond donors (Lipinski definition) is 1. The van der Waals surface area contributed by atoms with Crippen LogP contribution in [-0.4, -0.2) is 17.4 Å². The quantitative estimate of drug-likeness (QED) is 0.477. The standard InChI is InChI=1S/C22H18ClN3O3/c23-18-11-10-17(14-20(18)26(28)29)24-22(27)21(16-7-2-1-3-8-16)25-13-12-15-6-4-5-9-19(15)25/h1-11,14,21H,12-13H2,(H,24,27). The van der Waals surface area contributed by atoms with Gasteiger partial charge in [-0.05, 0) is 35.7 Å². The van der Waals surface area contributed by atoms with Gasteiger partial charge in [0.1, 0.15) is 11.1 Å². The summed E-state index contributed by atoms with van der Waals surface area (Å²) in [5.41, 5.74) is 3.17. The van der Waals surface area contributed by atoms with E-state index in [1.807, 2.05) is 48.5 Å². The molecular weight excluding hydrogens is 390 g/mol. The Morgan fingerprint density at radius 2 is 1.79 bits per heavy atom. The van der Waals surface area contributed by atoms with Gasteiger partial charge in [0.15, 0.2) is 0 Å². The highest BCUT2D eigenvalue weighted by atomic mass is 35.5. The minimum absolute atomic E-state index is 0.0288. The van der Waals surface area contributed by atoms with Crippen LogP contribution in [-0.2, 0) is 11.2 Å². The lowest BCUT2D eigenvalue weighted by Crippen LogP contribution is -2.36. The molecule has 3 aromatic carbocycles. The third kappa shape index (κ3) is 3.79. The molecule has 1 heterocycles. The Morgan fingerprint density at radius 3 is 2.55 bits per heavy atom. The lowest BCUT2D eigenvalue weighted by Gasteiger charge is -2.30. The number of nitro groups is 1. The van der Waals surface area contributed by atoms with Gasteiger partial charge in [0.05, 0.1) is 4.92 Å². The van der Waals surface area contributed by atoms with Crippen LogP contribution in [0.25, 0.3) is 0 Å². The predicted molar refractivity (Wildman–Crippen MR) is 113 cm³/mol. The Hall–Kier alpha value is -3.38. The maximum Gasteiger partial charge on any atom is 0.289 e. The van der Waals surface area contributed by atoms with Gasteiger partial charge in [0.2, 0.25) is 0 Å². The normalized spacial score (nSPS) is 13.6. The number of benzene rings is 3. The second-order valence-corrected chi connectivity index (χ2v) is 7.21. The molecule has 3 aromatic rings. The Balaban J connectivity index is 1.68. The summed E-state index contributed by atoms with van der Waals surface area (Å²) in [6.45, 7) is 0.715. The molecule has 0 saturated heterocycles. The number of rotatable bonds is 5. The van der Waals surface area contributed by atoms with Crippen molar-refractivity contribution in [1.82, 2.24) is 0 Å². The van der Waals surface area contributed by atoms with Crippen LogP contribution in [0, 0.1) is 10.1 Å². The number of amides is 1. The maximum absolute atomic E-state index is 13.3. The van der Waals surface area contributed by atoms with Crippen LogP contribution in [0.1, 0.15) is 17.2 Å². The number of nitrogens with zero attached hydrogens (tertiary/aromatic N) is 2. The van der Waals surface area contributed by atoms with Crippen LogP contribution in [0.4, 0.5) is 17.1 Å². The van der Waals surface area contributed by atoms with Gasteiger partial charge < -0.3 is 10.2 Å². The molecule has 1 aliphatic rings. The highest BCUT2D eigenvalue weighted by Crippen LogP contribution is 2.36. The van der Waals surface area contributed by atoms with E-state index in [1.54, 1.807) is 6.07 Å². The summed E-state index contributed by atoms with van der Waals surface area (Å²) in [6.07, 6.45) is 0.860. The van der Waals surface area contributed by atoms with Gasteiger partial charge in [-0.1, -0.05) is 60.1 Å². The first kappa shape index (κ1) is 19.0. The maximum atomic E-state index is 13.3. The zero-order chi connectivity index (χ0) is 20.4. The smallest absolute Gasteiger partial charge is 0.289 e. The van der Waals surface area contributed by atoms with Crippen molar-refractivity contribution in [3.05, 3.63) is 99.1 Å². The van der Waals surface area contributed by atoms with Crippen LogP contribution in [0.3, 0.4) is 0 Å². The zero-order valence-electron chi connectivity index (χ0n) is 15.4.